The van der Waals surface area contributed by atoms with Gasteiger partial charge >= 0.3 is 0 Å². The minimum atomic E-state index is 0.676. The Hall–Kier alpha value is -0.610. The van der Waals surface area contributed by atoms with Gasteiger partial charge in [-0.1, -0.05) is 20.8 Å². The van der Waals surface area contributed by atoms with Gasteiger partial charge in [0.15, 0.2) is 5.13 Å². The topological polar surface area (TPSA) is 28.2 Å². The van der Waals surface area contributed by atoms with Crippen molar-refractivity contribution in [2.24, 2.45) is 5.92 Å². The number of nitrogens with one attached hydrogen (secondary N) is 1. The summed E-state index contributed by atoms with van der Waals surface area (Å²) in [6, 6.07) is 0. The molecule has 0 aliphatic heterocycles. The van der Waals surface area contributed by atoms with E-state index in [-0.39, 0.29) is 0 Å². The van der Waals surface area contributed by atoms with E-state index in [2.05, 4.69) is 43.0 Å². The molecule has 92 valence electrons. The second-order valence-electron chi connectivity index (χ2n) is 4.56. The summed E-state index contributed by atoms with van der Waals surface area (Å²) in [7, 11) is 2.11. The molecule has 0 aliphatic carbocycles. The lowest BCUT2D eigenvalue weighted by Crippen LogP contribution is -2.22. The summed E-state index contributed by atoms with van der Waals surface area (Å²) in [6.45, 7) is 9.73. The van der Waals surface area contributed by atoms with Gasteiger partial charge in [-0.2, -0.15) is 0 Å². The first-order valence-corrected chi connectivity index (χ1v) is 6.81. The lowest BCUT2D eigenvalue weighted by Gasteiger charge is -2.17. The van der Waals surface area contributed by atoms with E-state index >= 15 is 0 Å². The van der Waals surface area contributed by atoms with Crippen LogP contribution < -0.4 is 10.2 Å². The van der Waals surface area contributed by atoms with Gasteiger partial charge in [-0.25, -0.2) is 4.98 Å². The first-order valence-electron chi connectivity index (χ1n) is 6.00. The largest absolute Gasteiger partial charge is 0.351 e. The van der Waals surface area contributed by atoms with Crippen molar-refractivity contribution >= 4 is 16.5 Å². The molecular weight excluding hydrogens is 218 g/mol. The lowest BCUT2D eigenvalue weighted by molar-refractivity contribution is 0.637. The Labute approximate surface area is 103 Å². The van der Waals surface area contributed by atoms with E-state index < -0.39 is 0 Å². The maximum absolute atomic E-state index is 4.45. The minimum absolute atomic E-state index is 0.676. The summed E-state index contributed by atoms with van der Waals surface area (Å²) in [5.74, 6) is 0.676. The Kier molecular flexibility index (Phi) is 5.77. The number of rotatable bonds is 7. The molecule has 3 nitrogen and oxygen atoms in total. The first kappa shape index (κ1) is 13.5. The number of aromatic nitrogens is 1. The smallest absolute Gasteiger partial charge is 0.185 e. The third-order valence-corrected chi connectivity index (χ3v) is 3.34. The van der Waals surface area contributed by atoms with E-state index in [1.54, 1.807) is 11.3 Å². The van der Waals surface area contributed by atoms with Crippen molar-refractivity contribution < 1.29 is 0 Å². The SMILES string of the molecule is CCCNCc1cnc(N(C)CC(C)C)s1. The molecule has 1 aromatic heterocycles. The van der Waals surface area contributed by atoms with Crippen LogP contribution in [0.3, 0.4) is 0 Å². The Morgan fingerprint density at radius 2 is 2.25 bits per heavy atom. The van der Waals surface area contributed by atoms with Gasteiger partial charge in [0, 0.05) is 31.2 Å². The number of hydrogen-bond acceptors (Lipinski definition) is 4. The standard InChI is InChI=1S/C12H23N3S/c1-5-6-13-7-11-8-14-12(16-11)15(4)9-10(2)3/h8,10,13H,5-7,9H2,1-4H3. The Balaban J connectivity index is 2.44. The highest BCUT2D eigenvalue weighted by Crippen LogP contribution is 2.21. The summed E-state index contributed by atoms with van der Waals surface area (Å²) in [6.07, 6.45) is 3.17. The predicted octanol–water partition coefficient (Wildman–Crippen LogP) is 2.73. The van der Waals surface area contributed by atoms with Crippen LogP contribution in [0.2, 0.25) is 0 Å². The fraction of sp³-hybridized carbons (Fsp3) is 0.750. The molecule has 0 amide bonds. The van der Waals surface area contributed by atoms with E-state index in [0.717, 1.165) is 24.8 Å². The molecule has 0 aromatic carbocycles. The van der Waals surface area contributed by atoms with E-state index in [4.69, 9.17) is 0 Å². The summed E-state index contributed by atoms with van der Waals surface area (Å²) in [5, 5.41) is 4.52. The van der Waals surface area contributed by atoms with Crippen LogP contribution in [0.5, 0.6) is 0 Å². The van der Waals surface area contributed by atoms with Crippen molar-refractivity contribution in [1.29, 1.82) is 0 Å². The molecule has 1 N–H and O–H groups in total. The Bertz CT molecular complexity index is 296. The fourth-order valence-electron chi connectivity index (χ4n) is 1.57. The second kappa shape index (κ2) is 6.86. The number of nitrogens with zero attached hydrogens (tertiary/aromatic N) is 2. The number of hydrogen-bond donors (Lipinski definition) is 1. The molecule has 1 rings (SSSR count). The molecule has 1 aromatic rings. The molecule has 0 spiro atoms. The highest BCUT2D eigenvalue weighted by Gasteiger charge is 2.08. The quantitative estimate of drug-likeness (QED) is 0.744. The van der Waals surface area contributed by atoms with E-state index in [9.17, 15) is 0 Å². The van der Waals surface area contributed by atoms with Gasteiger partial charge < -0.3 is 10.2 Å². The van der Waals surface area contributed by atoms with Gasteiger partial charge in [0.2, 0.25) is 0 Å². The number of thiazole rings is 1. The molecular formula is C12H23N3S. The van der Waals surface area contributed by atoms with E-state index in [1.807, 2.05) is 6.20 Å². The van der Waals surface area contributed by atoms with Crippen LogP contribution in [0.15, 0.2) is 6.20 Å². The van der Waals surface area contributed by atoms with Crippen molar-refractivity contribution in [2.45, 2.75) is 33.7 Å². The van der Waals surface area contributed by atoms with Gasteiger partial charge in [0.25, 0.3) is 0 Å². The van der Waals surface area contributed by atoms with Crippen molar-refractivity contribution in [3.63, 3.8) is 0 Å². The van der Waals surface area contributed by atoms with Crippen LogP contribution in [0, 0.1) is 5.92 Å². The van der Waals surface area contributed by atoms with Crippen molar-refractivity contribution in [2.75, 3.05) is 25.0 Å². The van der Waals surface area contributed by atoms with Crippen LogP contribution in [0.4, 0.5) is 5.13 Å². The van der Waals surface area contributed by atoms with Crippen molar-refractivity contribution in [3.8, 4) is 0 Å². The summed E-state index contributed by atoms with van der Waals surface area (Å²) < 4.78 is 0. The van der Waals surface area contributed by atoms with Crippen molar-refractivity contribution in [3.05, 3.63) is 11.1 Å². The van der Waals surface area contributed by atoms with Crippen LogP contribution >= 0.6 is 11.3 Å². The average molecular weight is 241 g/mol. The predicted molar refractivity (Wildman–Crippen MR) is 72.2 cm³/mol. The van der Waals surface area contributed by atoms with Gasteiger partial charge in [0.1, 0.15) is 0 Å². The van der Waals surface area contributed by atoms with Gasteiger partial charge in [0.05, 0.1) is 0 Å². The molecule has 0 aliphatic rings. The zero-order chi connectivity index (χ0) is 12.0. The molecule has 0 saturated carbocycles. The molecule has 0 radical (unpaired) electrons. The molecule has 0 saturated heterocycles. The Morgan fingerprint density at radius 3 is 2.88 bits per heavy atom. The second-order valence-corrected chi connectivity index (χ2v) is 5.65. The third-order valence-electron chi connectivity index (χ3n) is 2.23. The molecule has 0 fully saturated rings. The molecule has 1 heterocycles. The number of anilines is 1. The maximum atomic E-state index is 4.45. The summed E-state index contributed by atoms with van der Waals surface area (Å²) >= 11 is 1.79. The van der Waals surface area contributed by atoms with Crippen LogP contribution in [-0.2, 0) is 6.54 Å². The molecule has 0 atom stereocenters. The Morgan fingerprint density at radius 1 is 1.50 bits per heavy atom. The normalized spacial score (nSPS) is 11.1. The highest BCUT2D eigenvalue weighted by atomic mass is 32.1. The average Bonchev–Trinajstić information content (AvgIpc) is 2.66. The van der Waals surface area contributed by atoms with Crippen LogP contribution in [-0.4, -0.2) is 25.1 Å². The van der Waals surface area contributed by atoms with E-state index in [0.29, 0.717) is 5.92 Å². The monoisotopic (exact) mass is 241 g/mol. The molecule has 4 heteroatoms. The molecule has 0 unspecified atom stereocenters. The van der Waals surface area contributed by atoms with Crippen LogP contribution in [0.1, 0.15) is 32.1 Å². The third kappa shape index (κ3) is 4.49. The van der Waals surface area contributed by atoms with E-state index in [1.165, 1.54) is 11.3 Å². The van der Waals surface area contributed by atoms with Gasteiger partial charge in [-0.05, 0) is 18.9 Å². The summed E-state index contributed by atoms with van der Waals surface area (Å²) in [5.41, 5.74) is 0. The van der Waals surface area contributed by atoms with Crippen LogP contribution in [0.25, 0.3) is 0 Å². The van der Waals surface area contributed by atoms with Gasteiger partial charge in [-0.3, -0.25) is 0 Å². The zero-order valence-electron chi connectivity index (χ0n) is 10.8. The minimum Gasteiger partial charge on any atom is -0.351 e. The first-order chi connectivity index (χ1) is 7.63. The molecule has 16 heavy (non-hydrogen) atoms. The highest BCUT2D eigenvalue weighted by molar-refractivity contribution is 7.15. The lowest BCUT2D eigenvalue weighted by atomic mass is 10.2. The van der Waals surface area contributed by atoms with Crippen molar-refractivity contribution in [1.82, 2.24) is 10.3 Å². The van der Waals surface area contributed by atoms with Gasteiger partial charge in [-0.15, -0.1) is 11.3 Å². The summed E-state index contributed by atoms with van der Waals surface area (Å²) in [4.78, 5) is 8.01. The zero-order valence-corrected chi connectivity index (χ0v) is 11.6. The molecule has 0 bridgehead atoms. The maximum Gasteiger partial charge on any atom is 0.185 e. The fourth-order valence-corrected chi connectivity index (χ4v) is 2.42.